The number of rotatable bonds is 2. The molecular weight excluding hydrogens is 166 g/mol. The van der Waals surface area contributed by atoms with E-state index < -0.39 is 0 Å². The van der Waals surface area contributed by atoms with Gasteiger partial charge in [0.15, 0.2) is 0 Å². The van der Waals surface area contributed by atoms with Crippen molar-refractivity contribution in [3.8, 4) is 0 Å². The highest BCUT2D eigenvalue weighted by Gasteiger charge is 2.22. The lowest BCUT2D eigenvalue weighted by Crippen LogP contribution is -2.23. The molecule has 0 saturated heterocycles. The Balaban J connectivity index is 2.32. The average molecular weight is 179 g/mol. The summed E-state index contributed by atoms with van der Waals surface area (Å²) in [6.45, 7) is 0. The summed E-state index contributed by atoms with van der Waals surface area (Å²) in [5.74, 6) is 0. The Labute approximate surface area is 76.9 Å². The Morgan fingerprint density at radius 2 is 2.62 bits per heavy atom. The molecule has 1 aromatic rings. The van der Waals surface area contributed by atoms with Crippen LogP contribution in [0.3, 0.4) is 0 Å². The van der Waals surface area contributed by atoms with E-state index in [1.54, 1.807) is 0 Å². The Morgan fingerprint density at radius 3 is 3.38 bits per heavy atom. The Bertz CT molecular complexity index is 319. The van der Waals surface area contributed by atoms with E-state index in [2.05, 4.69) is 10.4 Å². The molecule has 0 aromatic carbocycles. The third kappa shape index (κ3) is 1.32. The van der Waals surface area contributed by atoms with Crippen LogP contribution in [-0.4, -0.2) is 16.2 Å². The lowest BCUT2D eigenvalue weighted by molar-refractivity contribution is -0.110. The molecule has 1 amide bonds. The molecule has 0 spiro atoms. The molecule has 4 nitrogen and oxygen atoms in total. The molecule has 4 heteroatoms. The zero-order chi connectivity index (χ0) is 9.26. The van der Waals surface area contributed by atoms with E-state index in [4.69, 9.17) is 0 Å². The topological polar surface area (TPSA) is 46.9 Å². The maximum atomic E-state index is 10.4. The van der Waals surface area contributed by atoms with Gasteiger partial charge in [-0.2, -0.15) is 5.10 Å². The molecule has 0 saturated carbocycles. The van der Waals surface area contributed by atoms with Crippen LogP contribution >= 0.6 is 0 Å². The highest BCUT2D eigenvalue weighted by atomic mass is 16.1. The number of amides is 1. The van der Waals surface area contributed by atoms with Crippen molar-refractivity contribution in [2.24, 2.45) is 7.05 Å². The molecule has 1 N–H and O–H groups in total. The molecule has 0 bridgehead atoms. The first-order chi connectivity index (χ1) is 6.33. The largest absolute Gasteiger partial charge is 0.352 e. The van der Waals surface area contributed by atoms with Crippen LogP contribution in [0.2, 0.25) is 0 Å². The molecular formula is C9H13N3O. The van der Waals surface area contributed by atoms with Gasteiger partial charge in [0.25, 0.3) is 0 Å². The van der Waals surface area contributed by atoms with Crippen molar-refractivity contribution in [1.82, 2.24) is 15.1 Å². The summed E-state index contributed by atoms with van der Waals surface area (Å²) in [7, 11) is 1.95. The summed E-state index contributed by atoms with van der Waals surface area (Å²) in [5.41, 5.74) is 2.44. The van der Waals surface area contributed by atoms with Crippen LogP contribution < -0.4 is 5.32 Å². The third-order valence-corrected chi connectivity index (χ3v) is 2.64. The van der Waals surface area contributed by atoms with Crippen LogP contribution in [0.1, 0.15) is 30.1 Å². The highest BCUT2D eigenvalue weighted by Crippen LogP contribution is 2.28. The number of aryl methyl sites for hydroxylation is 1. The lowest BCUT2D eigenvalue weighted by atomic mass is 9.93. The van der Waals surface area contributed by atoms with Crippen LogP contribution in [0.15, 0.2) is 6.20 Å². The fourth-order valence-corrected chi connectivity index (χ4v) is 1.96. The van der Waals surface area contributed by atoms with Crippen molar-refractivity contribution >= 4 is 6.41 Å². The van der Waals surface area contributed by atoms with Gasteiger partial charge in [-0.15, -0.1) is 0 Å². The van der Waals surface area contributed by atoms with Gasteiger partial charge in [0.05, 0.1) is 12.2 Å². The van der Waals surface area contributed by atoms with Crippen LogP contribution in [0.4, 0.5) is 0 Å². The van der Waals surface area contributed by atoms with Gasteiger partial charge in [0.2, 0.25) is 6.41 Å². The first kappa shape index (κ1) is 8.29. The van der Waals surface area contributed by atoms with Crippen molar-refractivity contribution in [3.05, 3.63) is 17.5 Å². The molecule has 1 aliphatic carbocycles. The Morgan fingerprint density at radius 1 is 1.77 bits per heavy atom. The molecule has 0 radical (unpaired) electrons. The van der Waals surface area contributed by atoms with Gasteiger partial charge in [-0.3, -0.25) is 9.48 Å². The molecule has 13 heavy (non-hydrogen) atoms. The monoisotopic (exact) mass is 179 g/mol. The quantitative estimate of drug-likeness (QED) is 0.674. The number of nitrogens with one attached hydrogen (secondary N) is 1. The standard InChI is InChI=1S/C9H13N3O/c1-12-9-4-2-3-8(10-6-13)7(9)5-11-12/h5-6,8H,2-4H2,1H3,(H,10,13)/t8-/m1/s1. The number of carbonyl (C=O) groups excluding carboxylic acids is 1. The van der Waals surface area contributed by atoms with Crippen LogP contribution in [0.25, 0.3) is 0 Å². The SMILES string of the molecule is Cn1ncc2c1CCC[C@H]2NC=O. The number of aromatic nitrogens is 2. The normalized spacial score (nSPS) is 20.8. The molecule has 70 valence electrons. The maximum Gasteiger partial charge on any atom is 0.207 e. The number of hydrogen-bond acceptors (Lipinski definition) is 2. The molecule has 1 aliphatic rings. The van der Waals surface area contributed by atoms with Gasteiger partial charge in [-0.25, -0.2) is 0 Å². The fraction of sp³-hybridized carbons (Fsp3) is 0.556. The second kappa shape index (κ2) is 3.20. The molecule has 1 aromatic heterocycles. The van der Waals surface area contributed by atoms with Crippen molar-refractivity contribution in [1.29, 1.82) is 0 Å². The third-order valence-electron chi connectivity index (χ3n) is 2.64. The summed E-state index contributed by atoms with van der Waals surface area (Å²) >= 11 is 0. The van der Waals surface area contributed by atoms with Crippen molar-refractivity contribution in [2.75, 3.05) is 0 Å². The molecule has 2 rings (SSSR count). The highest BCUT2D eigenvalue weighted by molar-refractivity contribution is 5.48. The minimum absolute atomic E-state index is 0.176. The summed E-state index contributed by atoms with van der Waals surface area (Å²) in [5, 5.41) is 7.01. The smallest absolute Gasteiger partial charge is 0.207 e. The van der Waals surface area contributed by atoms with Crippen LogP contribution in [0, 0.1) is 0 Å². The average Bonchev–Trinajstić information content (AvgIpc) is 2.50. The maximum absolute atomic E-state index is 10.4. The first-order valence-corrected chi connectivity index (χ1v) is 4.53. The summed E-state index contributed by atoms with van der Waals surface area (Å²) in [4.78, 5) is 10.4. The van der Waals surface area contributed by atoms with Crippen LogP contribution in [-0.2, 0) is 18.3 Å². The summed E-state index contributed by atoms with van der Waals surface area (Å²) in [6.07, 6.45) is 5.85. The zero-order valence-corrected chi connectivity index (χ0v) is 7.66. The van der Waals surface area contributed by atoms with E-state index in [0.29, 0.717) is 0 Å². The minimum Gasteiger partial charge on any atom is -0.352 e. The predicted octanol–water partition coefficient (Wildman–Crippen LogP) is 0.543. The second-order valence-electron chi connectivity index (χ2n) is 3.40. The van der Waals surface area contributed by atoms with Gasteiger partial charge in [0, 0.05) is 18.3 Å². The number of carbonyl (C=O) groups is 1. The van der Waals surface area contributed by atoms with Gasteiger partial charge < -0.3 is 5.32 Å². The zero-order valence-electron chi connectivity index (χ0n) is 7.66. The minimum atomic E-state index is 0.176. The van der Waals surface area contributed by atoms with E-state index in [0.717, 1.165) is 25.7 Å². The second-order valence-corrected chi connectivity index (χ2v) is 3.40. The predicted molar refractivity (Wildman–Crippen MR) is 48.1 cm³/mol. The molecule has 1 atom stereocenters. The van der Waals surface area contributed by atoms with E-state index in [1.165, 1.54) is 11.3 Å². The summed E-state index contributed by atoms with van der Waals surface area (Å²) < 4.78 is 1.90. The van der Waals surface area contributed by atoms with Crippen molar-refractivity contribution < 1.29 is 4.79 Å². The number of hydrogen-bond donors (Lipinski definition) is 1. The van der Waals surface area contributed by atoms with Gasteiger partial charge >= 0.3 is 0 Å². The van der Waals surface area contributed by atoms with Gasteiger partial charge in [-0.05, 0) is 19.3 Å². The molecule has 0 aliphatic heterocycles. The number of fused-ring (bicyclic) bond motifs is 1. The van der Waals surface area contributed by atoms with E-state index >= 15 is 0 Å². The summed E-state index contributed by atoms with van der Waals surface area (Å²) in [6, 6.07) is 0.176. The first-order valence-electron chi connectivity index (χ1n) is 4.53. The van der Waals surface area contributed by atoms with Crippen molar-refractivity contribution in [2.45, 2.75) is 25.3 Å². The Kier molecular flexibility index (Phi) is 2.04. The molecule has 1 heterocycles. The Hall–Kier alpha value is -1.32. The van der Waals surface area contributed by atoms with E-state index in [-0.39, 0.29) is 6.04 Å². The molecule has 0 unspecified atom stereocenters. The van der Waals surface area contributed by atoms with E-state index in [9.17, 15) is 4.79 Å². The number of nitrogens with zero attached hydrogens (tertiary/aromatic N) is 2. The lowest BCUT2D eigenvalue weighted by Gasteiger charge is -2.21. The van der Waals surface area contributed by atoms with E-state index in [1.807, 2.05) is 17.9 Å². The van der Waals surface area contributed by atoms with Crippen LogP contribution in [0.5, 0.6) is 0 Å². The van der Waals surface area contributed by atoms with Gasteiger partial charge in [0.1, 0.15) is 0 Å². The van der Waals surface area contributed by atoms with Crippen molar-refractivity contribution in [3.63, 3.8) is 0 Å². The fourth-order valence-electron chi connectivity index (χ4n) is 1.96. The molecule has 0 fully saturated rings. The van der Waals surface area contributed by atoms with Gasteiger partial charge in [-0.1, -0.05) is 0 Å².